The molecule has 1 aliphatic rings. The fourth-order valence-electron chi connectivity index (χ4n) is 4.48. The number of hydrogen-bond donors (Lipinski definition) is 3. The lowest BCUT2D eigenvalue weighted by Gasteiger charge is -2.39. The number of anilines is 3. The predicted octanol–water partition coefficient (Wildman–Crippen LogP) is 1.41. The fraction of sp³-hybridized carbons (Fsp3) is 0.407. The lowest BCUT2D eigenvalue weighted by Crippen LogP contribution is -2.52. The summed E-state index contributed by atoms with van der Waals surface area (Å²) in [7, 11) is 5.08. The number of carbonyl (C=O) groups excluding carboxylic acids is 1. The third-order valence-electron chi connectivity index (χ3n) is 6.89. The predicted molar refractivity (Wildman–Crippen MR) is 163 cm³/mol. The zero-order chi connectivity index (χ0) is 30.4. The molecule has 0 unspecified atom stereocenters. The largest absolute Gasteiger partial charge is 0.477 e. The van der Waals surface area contributed by atoms with Gasteiger partial charge in [-0.3, -0.25) is 24.3 Å². The number of methoxy groups -OCH3 is 1. The molecule has 0 bridgehead atoms. The number of nitrogens with two attached hydrogens (primary N) is 1. The van der Waals surface area contributed by atoms with E-state index < -0.39 is 17.0 Å². The summed E-state index contributed by atoms with van der Waals surface area (Å²) >= 11 is 0.810. The fourth-order valence-corrected chi connectivity index (χ4v) is 4.83. The number of ether oxygens (including phenoxy) is 2. The molecule has 0 spiro atoms. The first-order chi connectivity index (χ1) is 20.2. The molecule has 1 saturated heterocycles. The van der Waals surface area contributed by atoms with E-state index in [9.17, 15) is 19.5 Å². The van der Waals surface area contributed by atoms with Crippen LogP contribution in [-0.2, 0) is 14.3 Å². The molecule has 1 aliphatic heterocycles. The van der Waals surface area contributed by atoms with Gasteiger partial charge in [-0.1, -0.05) is 0 Å². The molecular formula is C27H34N8O6S. The van der Waals surface area contributed by atoms with Gasteiger partial charge in [0.25, 0.3) is 0 Å². The average molecular weight is 599 g/mol. The van der Waals surface area contributed by atoms with Crippen LogP contribution in [0.1, 0.15) is 15.9 Å². The van der Waals surface area contributed by atoms with E-state index in [-0.39, 0.29) is 28.0 Å². The van der Waals surface area contributed by atoms with Gasteiger partial charge in [0.15, 0.2) is 10.8 Å². The number of pyridine rings is 3. The summed E-state index contributed by atoms with van der Waals surface area (Å²) in [4.78, 5) is 54.7. The number of likely N-dealkylation sites (N-methyl/N-ethyl adjacent to an activating group) is 1. The second kappa shape index (κ2) is 13.7. The third-order valence-corrected chi connectivity index (χ3v) is 7.48. The monoisotopic (exact) mass is 598 g/mol. The number of carbonyl (C=O) groups is 2. The van der Waals surface area contributed by atoms with Gasteiger partial charge in [-0.2, -0.15) is 0 Å². The van der Waals surface area contributed by atoms with Crippen molar-refractivity contribution >= 4 is 57.3 Å². The van der Waals surface area contributed by atoms with Crippen molar-refractivity contribution in [3.63, 3.8) is 0 Å². The van der Waals surface area contributed by atoms with Crippen LogP contribution >= 0.6 is 11.9 Å². The Bertz CT molecular complexity index is 1540. The molecule has 1 amide bonds. The van der Waals surface area contributed by atoms with Gasteiger partial charge in [-0.25, -0.2) is 14.8 Å². The van der Waals surface area contributed by atoms with Gasteiger partial charge in [0.05, 0.1) is 43.0 Å². The highest BCUT2D eigenvalue weighted by atomic mass is 32.2. The summed E-state index contributed by atoms with van der Waals surface area (Å²) in [6.07, 6.45) is 2.88. The number of rotatable bonds is 11. The number of aryl methyl sites for hydroxylation is 1. The maximum absolute atomic E-state index is 13.0. The highest BCUT2D eigenvalue weighted by molar-refractivity contribution is 8.11. The molecule has 4 heterocycles. The van der Waals surface area contributed by atoms with Crippen LogP contribution in [0.25, 0.3) is 11.0 Å². The SMILES string of the molecule is C/N=C(\SN)n1cc(C(=O)O)c(=O)c2c(C)cc(N3CC(C(=O)Nc4ccc(N(C)CCOCCOC)cn4)C3)nc21. The quantitative estimate of drug-likeness (QED) is 0.125. The molecule has 0 aromatic carbocycles. The summed E-state index contributed by atoms with van der Waals surface area (Å²) in [6.45, 7) is 4.87. The minimum absolute atomic E-state index is 0.160. The Balaban J connectivity index is 1.43. The number of carboxylic acid groups (broad SMARTS) is 1. The Kier molecular flexibility index (Phi) is 10.1. The molecule has 4 N–H and O–H groups in total. The molecule has 1 fully saturated rings. The van der Waals surface area contributed by atoms with Crippen molar-refractivity contribution in [1.82, 2.24) is 14.5 Å². The number of amides is 1. The van der Waals surface area contributed by atoms with E-state index in [2.05, 4.69) is 20.3 Å². The maximum Gasteiger partial charge on any atom is 0.341 e. The van der Waals surface area contributed by atoms with Crippen LogP contribution in [-0.4, -0.2) is 97.3 Å². The second-order valence-corrected chi connectivity index (χ2v) is 10.3. The van der Waals surface area contributed by atoms with Crippen LogP contribution < -0.4 is 25.7 Å². The molecule has 0 radical (unpaired) electrons. The Morgan fingerprint density at radius 3 is 2.67 bits per heavy atom. The first kappa shape index (κ1) is 30.9. The molecule has 3 aromatic heterocycles. The van der Waals surface area contributed by atoms with Gasteiger partial charge >= 0.3 is 5.97 Å². The summed E-state index contributed by atoms with van der Waals surface area (Å²) < 4.78 is 11.9. The van der Waals surface area contributed by atoms with E-state index in [0.29, 0.717) is 56.7 Å². The molecule has 0 atom stereocenters. The van der Waals surface area contributed by atoms with Crippen LogP contribution in [0.3, 0.4) is 0 Å². The van der Waals surface area contributed by atoms with Gasteiger partial charge in [-0.15, -0.1) is 0 Å². The number of aliphatic imine (C=N–C) groups is 1. The van der Waals surface area contributed by atoms with Crippen molar-refractivity contribution in [2.24, 2.45) is 16.0 Å². The summed E-state index contributed by atoms with van der Waals surface area (Å²) in [6, 6.07) is 5.36. The van der Waals surface area contributed by atoms with Gasteiger partial charge in [0.2, 0.25) is 11.3 Å². The summed E-state index contributed by atoms with van der Waals surface area (Å²) in [5.74, 6) is -0.801. The number of nitrogens with one attached hydrogen (secondary N) is 1. The van der Waals surface area contributed by atoms with Gasteiger partial charge in [-0.05, 0) is 42.6 Å². The molecule has 224 valence electrons. The number of aromatic nitrogens is 3. The van der Waals surface area contributed by atoms with Gasteiger partial charge in [0.1, 0.15) is 17.2 Å². The Labute approximate surface area is 246 Å². The van der Waals surface area contributed by atoms with Crippen molar-refractivity contribution < 1.29 is 24.2 Å². The van der Waals surface area contributed by atoms with E-state index in [1.165, 1.54) is 17.8 Å². The van der Waals surface area contributed by atoms with Crippen molar-refractivity contribution in [1.29, 1.82) is 0 Å². The zero-order valence-corrected chi connectivity index (χ0v) is 24.7. The number of nitrogens with zero attached hydrogens (tertiary/aromatic N) is 6. The zero-order valence-electron chi connectivity index (χ0n) is 23.9. The molecular weight excluding hydrogens is 564 g/mol. The number of hydrogen-bond acceptors (Lipinski definition) is 12. The van der Waals surface area contributed by atoms with Crippen molar-refractivity contribution in [2.45, 2.75) is 6.92 Å². The number of fused-ring (bicyclic) bond motifs is 1. The molecule has 42 heavy (non-hydrogen) atoms. The van der Waals surface area contributed by atoms with Gasteiger partial charge in [0, 0.05) is 47.0 Å². The molecule has 3 aromatic rings. The normalized spacial score (nSPS) is 13.7. The Morgan fingerprint density at radius 2 is 2.05 bits per heavy atom. The van der Waals surface area contributed by atoms with E-state index in [0.717, 1.165) is 17.6 Å². The number of aromatic carboxylic acids is 1. The maximum atomic E-state index is 13.0. The lowest BCUT2D eigenvalue weighted by atomic mass is 9.98. The average Bonchev–Trinajstić information content (AvgIpc) is 2.93. The van der Waals surface area contributed by atoms with E-state index in [1.807, 2.05) is 22.9 Å². The van der Waals surface area contributed by atoms with E-state index in [1.54, 1.807) is 32.4 Å². The summed E-state index contributed by atoms with van der Waals surface area (Å²) in [5.41, 5.74) is 0.648. The smallest absolute Gasteiger partial charge is 0.341 e. The molecule has 15 heteroatoms. The minimum atomic E-state index is -1.35. The van der Waals surface area contributed by atoms with E-state index in [4.69, 9.17) is 14.6 Å². The third kappa shape index (κ3) is 6.70. The van der Waals surface area contributed by atoms with Crippen LogP contribution in [0.2, 0.25) is 0 Å². The van der Waals surface area contributed by atoms with Crippen LogP contribution in [0.15, 0.2) is 40.4 Å². The second-order valence-electron chi connectivity index (χ2n) is 9.69. The van der Waals surface area contributed by atoms with Crippen LogP contribution in [0, 0.1) is 12.8 Å². The topological polar surface area (TPSA) is 178 Å². The highest BCUT2D eigenvalue weighted by Gasteiger charge is 2.34. The van der Waals surface area contributed by atoms with Gasteiger partial charge < -0.3 is 29.7 Å². The lowest BCUT2D eigenvalue weighted by molar-refractivity contribution is -0.120. The van der Waals surface area contributed by atoms with Crippen molar-refractivity contribution in [2.75, 3.05) is 75.8 Å². The van der Waals surface area contributed by atoms with Crippen LogP contribution in [0.5, 0.6) is 0 Å². The highest BCUT2D eigenvalue weighted by Crippen LogP contribution is 2.28. The molecule has 0 saturated carbocycles. The summed E-state index contributed by atoms with van der Waals surface area (Å²) in [5, 5.41) is 18.6. The molecule has 14 nitrogen and oxygen atoms in total. The first-order valence-corrected chi connectivity index (χ1v) is 14.0. The molecule has 4 rings (SSSR count). The standard InChI is InChI=1S/C27H34N8O6S/c1-16-11-21(32-24-22(16)23(36)19(26(38)39)15-35(24)27(29-2)42-28)34-13-17(14-34)25(37)31-20-6-5-18(12-30-20)33(3)7-8-41-10-9-40-4/h5-6,11-12,15,17H,7-10,13-14,28H2,1-4H3,(H,38,39)(H,30,31,37)/b29-27-. The van der Waals surface area contributed by atoms with Crippen molar-refractivity contribution in [3.8, 4) is 0 Å². The minimum Gasteiger partial charge on any atom is -0.477 e. The van der Waals surface area contributed by atoms with Crippen molar-refractivity contribution in [3.05, 3.63) is 51.9 Å². The Hall–Kier alpha value is -4.05. The van der Waals surface area contributed by atoms with Crippen LogP contribution in [0.4, 0.5) is 17.3 Å². The molecule has 0 aliphatic carbocycles. The first-order valence-electron chi connectivity index (χ1n) is 13.1. The van der Waals surface area contributed by atoms with E-state index >= 15 is 0 Å². The Morgan fingerprint density at radius 1 is 1.29 bits per heavy atom. The number of carboxylic acids is 1.